The molecule has 11 heteroatoms. The number of benzene rings is 2. The van der Waals surface area contributed by atoms with Crippen molar-refractivity contribution in [2.45, 2.75) is 49.7 Å². The molecule has 2 atom stereocenters. The van der Waals surface area contributed by atoms with Gasteiger partial charge in [0.1, 0.15) is 17.5 Å². The Balaban J connectivity index is 1.33. The lowest BCUT2D eigenvalue weighted by Gasteiger charge is -2.25. The van der Waals surface area contributed by atoms with Crippen LogP contribution in [0.2, 0.25) is 0 Å². The molecule has 2 heterocycles. The maximum atomic E-state index is 14.8. The molecule has 2 N–H and O–H groups in total. The van der Waals surface area contributed by atoms with Crippen LogP contribution in [0.15, 0.2) is 46.1 Å². The van der Waals surface area contributed by atoms with Gasteiger partial charge in [-0.25, -0.2) is 26.6 Å². The molecule has 0 amide bonds. The zero-order valence-electron chi connectivity index (χ0n) is 18.8. The Kier molecular flexibility index (Phi) is 6.73. The van der Waals surface area contributed by atoms with Crippen LogP contribution < -0.4 is 10.0 Å². The van der Waals surface area contributed by atoms with Gasteiger partial charge in [-0.15, -0.1) is 11.3 Å². The quantitative estimate of drug-likeness (QED) is 0.417. The molecule has 5 rings (SSSR count). The molecule has 6 nitrogen and oxygen atoms in total. The number of halogens is 3. The van der Waals surface area contributed by atoms with Gasteiger partial charge in [0, 0.05) is 42.3 Å². The standard InChI is InChI=1S/C24H25F3N4O2S2/c25-20-6-2-4-16(12-31-11-15-3-1-5-18(31)7-15)19(20)10-28-17-8-21(26)24(22(27)9-17)35(32,33)30-23-13-34-14-29-23/h2,4,6,8-9,13-15,18,28,30H,1,3,5,7,10-12H2. The SMILES string of the molecule is O=S(=O)(Nc1cscn1)c1c(F)cc(NCc2c(F)cccc2CN2CC3CCCC2C3)cc1F. The molecule has 2 fully saturated rings. The molecule has 0 radical (unpaired) electrons. The van der Waals surface area contributed by atoms with E-state index in [0.29, 0.717) is 24.1 Å². The maximum absolute atomic E-state index is 14.8. The second-order valence-electron chi connectivity index (χ2n) is 9.10. The molecule has 2 bridgehead atoms. The van der Waals surface area contributed by atoms with Crippen molar-refractivity contribution < 1.29 is 21.6 Å². The minimum Gasteiger partial charge on any atom is -0.381 e. The first-order valence-corrected chi connectivity index (χ1v) is 13.9. The second-order valence-corrected chi connectivity index (χ2v) is 11.4. The highest BCUT2D eigenvalue weighted by Crippen LogP contribution is 2.36. The summed E-state index contributed by atoms with van der Waals surface area (Å²) >= 11 is 1.14. The van der Waals surface area contributed by atoms with E-state index in [4.69, 9.17) is 0 Å². The first-order chi connectivity index (χ1) is 16.8. The van der Waals surface area contributed by atoms with Crippen LogP contribution in [0.25, 0.3) is 0 Å². The molecule has 2 aliphatic rings. The van der Waals surface area contributed by atoms with E-state index in [0.717, 1.165) is 42.0 Å². The number of likely N-dealkylation sites (tertiary alicyclic amines) is 1. The maximum Gasteiger partial charge on any atom is 0.268 e. The van der Waals surface area contributed by atoms with Crippen LogP contribution in [0.4, 0.5) is 24.7 Å². The Morgan fingerprint density at radius 2 is 1.91 bits per heavy atom. The predicted octanol–water partition coefficient (Wildman–Crippen LogP) is 5.35. The number of fused-ring (bicyclic) bond motifs is 2. The smallest absolute Gasteiger partial charge is 0.268 e. The summed E-state index contributed by atoms with van der Waals surface area (Å²) in [5, 5.41) is 4.26. The number of nitrogens with zero attached hydrogens (tertiary/aromatic N) is 2. The molecule has 2 aromatic carbocycles. The summed E-state index contributed by atoms with van der Waals surface area (Å²) in [5.74, 6) is -2.23. The molecule has 1 aliphatic heterocycles. The van der Waals surface area contributed by atoms with Crippen molar-refractivity contribution in [2.24, 2.45) is 5.92 Å². The molecule has 1 aromatic heterocycles. The lowest BCUT2D eigenvalue weighted by atomic mass is 9.90. The van der Waals surface area contributed by atoms with E-state index in [1.807, 2.05) is 6.07 Å². The van der Waals surface area contributed by atoms with Gasteiger partial charge in [0.05, 0.1) is 5.51 Å². The highest BCUT2D eigenvalue weighted by Gasteiger charge is 2.35. The van der Waals surface area contributed by atoms with Gasteiger partial charge in [0.2, 0.25) is 0 Å². The average molecular weight is 523 g/mol. The molecule has 0 spiro atoms. The van der Waals surface area contributed by atoms with Gasteiger partial charge in [-0.3, -0.25) is 9.62 Å². The van der Waals surface area contributed by atoms with Crippen LogP contribution >= 0.6 is 11.3 Å². The fraction of sp³-hybridized carbons (Fsp3) is 0.375. The number of sulfonamides is 1. The highest BCUT2D eigenvalue weighted by atomic mass is 32.2. The summed E-state index contributed by atoms with van der Waals surface area (Å²) in [6.45, 7) is 1.64. The van der Waals surface area contributed by atoms with Crippen LogP contribution in [0.1, 0.15) is 36.8 Å². The fourth-order valence-corrected chi connectivity index (χ4v) is 6.84. The number of aromatic nitrogens is 1. The van der Waals surface area contributed by atoms with Crippen molar-refractivity contribution in [1.29, 1.82) is 0 Å². The monoisotopic (exact) mass is 522 g/mol. The summed E-state index contributed by atoms with van der Waals surface area (Å²) in [6.07, 6.45) is 4.82. The Morgan fingerprint density at radius 1 is 1.11 bits per heavy atom. The molecule has 186 valence electrons. The minimum atomic E-state index is -4.51. The van der Waals surface area contributed by atoms with Crippen LogP contribution in [0.3, 0.4) is 0 Å². The minimum absolute atomic E-state index is 0.00594. The first-order valence-electron chi connectivity index (χ1n) is 11.4. The summed E-state index contributed by atoms with van der Waals surface area (Å²) < 4.78 is 71.2. The van der Waals surface area contributed by atoms with E-state index in [2.05, 4.69) is 19.9 Å². The van der Waals surface area contributed by atoms with Crippen LogP contribution in [0, 0.1) is 23.4 Å². The number of anilines is 2. The number of hydrogen-bond donors (Lipinski definition) is 2. The molecule has 1 aliphatic carbocycles. The number of thiazole rings is 1. The molecule has 1 saturated carbocycles. The van der Waals surface area contributed by atoms with Crippen LogP contribution in [-0.4, -0.2) is 30.9 Å². The van der Waals surface area contributed by atoms with E-state index in [9.17, 15) is 21.6 Å². The lowest BCUT2D eigenvalue weighted by molar-refractivity contribution is 0.236. The zero-order chi connectivity index (χ0) is 24.6. The fourth-order valence-electron chi connectivity index (χ4n) is 5.16. The Bertz CT molecular complexity index is 1300. The van der Waals surface area contributed by atoms with Crippen molar-refractivity contribution in [3.05, 3.63) is 69.8 Å². The van der Waals surface area contributed by atoms with E-state index < -0.39 is 32.4 Å². The number of nitrogens with one attached hydrogen (secondary N) is 2. The largest absolute Gasteiger partial charge is 0.381 e. The van der Waals surface area contributed by atoms with Gasteiger partial charge in [-0.1, -0.05) is 18.6 Å². The third-order valence-electron chi connectivity index (χ3n) is 6.76. The predicted molar refractivity (Wildman–Crippen MR) is 129 cm³/mol. The molecule has 35 heavy (non-hydrogen) atoms. The number of hydrogen-bond acceptors (Lipinski definition) is 6. The summed E-state index contributed by atoms with van der Waals surface area (Å²) in [6, 6.07) is 7.22. The van der Waals surface area contributed by atoms with Crippen LogP contribution in [0.5, 0.6) is 0 Å². The van der Waals surface area contributed by atoms with Gasteiger partial charge < -0.3 is 5.32 Å². The zero-order valence-corrected chi connectivity index (χ0v) is 20.4. The first kappa shape index (κ1) is 24.1. The van der Waals surface area contributed by atoms with Gasteiger partial charge in [-0.2, -0.15) is 0 Å². The topological polar surface area (TPSA) is 74.3 Å². The normalized spacial score (nSPS) is 20.2. The second kappa shape index (κ2) is 9.79. The van der Waals surface area contributed by atoms with Crippen molar-refractivity contribution in [1.82, 2.24) is 9.88 Å². The van der Waals surface area contributed by atoms with Crippen molar-refractivity contribution in [3.63, 3.8) is 0 Å². The summed E-state index contributed by atoms with van der Waals surface area (Å²) in [5.41, 5.74) is 2.66. The van der Waals surface area contributed by atoms with E-state index >= 15 is 0 Å². The Hall–Kier alpha value is -2.63. The highest BCUT2D eigenvalue weighted by molar-refractivity contribution is 7.92. The average Bonchev–Trinajstić information content (AvgIpc) is 3.39. The van der Waals surface area contributed by atoms with Gasteiger partial charge in [0.15, 0.2) is 10.7 Å². The molecule has 3 aromatic rings. The molecule has 1 saturated heterocycles. The third kappa shape index (κ3) is 5.17. The van der Waals surface area contributed by atoms with Crippen LogP contribution in [-0.2, 0) is 23.1 Å². The number of rotatable bonds is 8. The van der Waals surface area contributed by atoms with Crippen molar-refractivity contribution in [3.8, 4) is 0 Å². The van der Waals surface area contributed by atoms with E-state index in [-0.39, 0.29) is 18.1 Å². The van der Waals surface area contributed by atoms with Gasteiger partial charge in [0.25, 0.3) is 10.0 Å². The molecule has 2 unspecified atom stereocenters. The summed E-state index contributed by atoms with van der Waals surface area (Å²) in [7, 11) is -4.51. The van der Waals surface area contributed by atoms with E-state index in [1.165, 1.54) is 36.2 Å². The lowest BCUT2D eigenvalue weighted by Crippen LogP contribution is -2.29. The van der Waals surface area contributed by atoms with Crippen molar-refractivity contribution >= 4 is 32.9 Å². The van der Waals surface area contributed by atoms with Crippen molar-refractivity contribution in [2.75, 3.05) is 16.6 Å². The van der Waals surface area contributed by atoms with E-state index in [1.54, 1.807) is 6.07 Å². The Morgan fingerprint density at radius 3 is 2.63 bits per heavy atom. The van der Waals surface area contributed by atoms with Gasteiger partial charge >= 0.3 is 0 Å². The summed E-state index contributed by atoms with van der Waals surface area (Å²) in [4.78, 5) is 5.08. The third-order valence-corrected chi connectivity index (χ3v) is 8.75. The Labute approximate surface area is 206 Å². The van der Waals surface area contributed by atoms with Gasteiger partial charge in [-0.05, 0) is 48.9 Å². The molecular weight excluding hydrogens is 497 g/mol. The molecular formula is C24H25F3N4O2S2.